The minimum Gasteiger partial charge on any atom is -0.478 e. The van der Waals surface area contributed by atoms with Gasteiger partial charge in [-0.1, -0.05) is 48.0 Å². The Morgan fingerprint density at radius 3 is 2.47 bits per heavy atom. The molecule has 0 fully saturated rings. The molecule has 30 heavy (non-hydrogen) atoms. The molecule has 0 saturated heterocycles. The first-order valence-electron chi connectivity index (χ1n) is 9.26. The maximum atomic E-state index is 13.4. The topological polar surface area (TPSA) is 98.2 Å². The van der Waals surface area contributed by atoms with Crippen molar-refractivity contribution in [2.24, 2.45) is 5.73 Å². The summed E-state index contributed by atoms with van der Waals surface area (Å²) in [5.74, 6) is -1.35. The second-order valence-electron chi connectivity index (χ2n) is 6.94. The number of nitrogens with two attached hydrogens (primary N) is 1. The molecule has 0 radical (unpaired) electrons. The van der Waals surface area contributed by atoms with Crippen molar-refractivity contribution in [3.05, 3.63) is 87.9 Å². The van der Waals surface area contributed by atoms with Crippen molar-refractivity contribution in [1.29, 1.82) is 0 Å². The van der Waals surface area contributed by atoms with Crippen LogP contribution in [0.4, 0.5) is 0 Å². The van der Waals surface area contributed by atoms with E-state index in [1.807, 2.05) is 31.2 Å². The van der Waals surface area contributed by atoms with Gasteiger partial charge in [0, 0.05) is 17.5 Å². The first-order valence-corrected chi connectivity index (χ1v) is 9.63. The fraction of sp³-hybridized carbons (Fsp3) is 0.0870. The maximum Gasteiger partial charge on any atom is 0.335 e. The molecule has 0 unspecified atom stereocenters. The number of hydrogen-bond donors (Lipinski definition) is 2. The van der Waals surface area contributed by atoms with Crippen molar-refractivity contribution in [2.75, 3.05) is 0 Å². The Balaban J connectivity index is 1.94. The number of halogens is 1. The number of carbonyl (C=O) groups is 2. The molecule has 0 spiro atoms. The number of aromatic carboxylic acids is 1. The molecule has 4 aromatic rings. The number of fused-ring (bicyclic) bond motifs is 1. The minimum absolute atomic E-state index is 0.177. The lowest BCUT2D eigenvalue weighted by Crippen LogP contribution is -2.15. The van der Waals surface area contributed by atoms with Crippen molar-refractivity contribution in [3.8, 4) is 11.3 Å². The second-order valence-corrected chi connectivity index (χ2v) is 7.34. The molecule has 0 aliphatic rings. The fourth-order valence-electron chi connectivity index (χ4n) is 3.43. The third kappa shape index (κ3) is 3.36. The smallest absolute Gasteiger partial charge is 0.335 e. The van der Waals surface area contributed by atoms with Gasteiger partial charge in [-0.05, 0) is 42.3 Å². The minimum atomic E-state index is -1.01. The van der Waals surface area contributed by atoms with Gasteiger partial charge in [0.2, 0.25) is 0 Å². The maximum absolute atomic E-state index is 13.4. The normalized spacial score (nSPS) is 11.0. The predicted molar refractivity (Wildman–Crippen MR) is 116 cm³/mol. The molecule has 0 aliphatic heterocycles. The molecule has 3 N–H and O–H groups in total. The highest BCUT2D eigenvalue weighted by molar-refractivity contribution is 6.34. The summed E-state index contributed by atoms with van der Waals surface area (Å²) in [6.45, 7) is 2.14. The van der Waals surface area contributed by atoms with Crippen LogP contribution in [-0.2, 0) is 6.54 Å². The first-order chi connectivity index (χ1) is 14.4. The summed E-state index contributed by atoms with van der Waals surface area (Å²) < 4.78 is 1.34. The monoisotopic (exact) mass is 419 g/mol. The lowest BCUT2D eigenvalue weighted by Gasteiger charge is -2.08. The number of carboxylic acids is 1. The molecule has 0 atom stereocenters. The van der Waals surface area contributed by atoms with Gasteiger partial charge in [0.25, 0.3) is 5.91 Å². The molecule has 0 bridgehead atoms. The first kappa shape index (κ1) is 19.8. The van der Waals surface area contributed by atoms with Crippen LogP contribution in [-0.4, -0.2) is 26.8 Å². The van der Waals surface area contributed by atoms with Gasteiger partial charge in [-0.3, -0.25) is 4.79 Å². The molecule has 0 saturated carbocycles. The Kier molecular flexibility index (Phi) is 5.11. The standard InChI is InChI=1S/C23H18ClN3O3/c1-13-3-2-4-18(24)20(13)22(28)27-19-11-14(12-25)5-10-17(19)21(26-27)15-6-8-16(9-7-15)23(29)30/h2-11H,12,25H2,1H3,(H,29,30). The molecule has 1 aromatic heterocycles. The van der Waals surface area contributed by atoms with Crippen molar-refractivity contribution in [2.45, 2.75) is 13.5 Å². The van der Waals surface area contributed by atoms with E-state index in [0.717, 1.165) is 16.5 Å². The van der Waals surface area contributed by atoms with Crippen LogP contribution >= 0.6 is 11.6 Å². The summed E-state index contributed by atoms with van der Waals surface area (Å²) in [4.78, 5) is 24.6. The van der Waals surface area contributed by atoms with Gasteiger partial charge in [0.1, 0.15) is 5.69 Å². The van der Waals surface area contributed by atoms with Crippen LogP contribution in [0.5, 0.6) is 0 Å². The number of hydrogen-bond acceptors (Lipinski definition) is 4. The highest BCUT2D eigenvalue weighted by atomic mass is 35.5. The van der Waals surface area contributed by atoms with E-state index in [4.69, 9.17) is 22.4 Å². The Morgan fingerprint density at radius 2 is 1.83 bits per heavy atom. The number of rotatable bonds is 4. The van der Waals surface area contributed by atoms with Crippen molar-refractivity contribution < 1.29 is 14.7 Å². The zero-order valence-electron chi connectivity index (χ0n) is 16.1. The molecule has 0 amide bonds. The second kappa shape index (κ2) is 7.74. The van der Waals surface area contributed by atoms with E-state index in [2.05, 4.69) is 5.10 Å². The molecule has 7 heteroatoms. The highest BCUT2D eigenvalue weighted by Crippen LogP contribution is 2.31. The van der Waals surface area contributed by atoms with E-state index in [-0.39, 0.29) is 11.5 Å². The van der Waals surface area contributed by atoms with Crippen molar-refractivity contribution in [3.63, 3.8) is 0 Å². The van der Waals surface area contributed by atoms with Gasteiger partial charge < -0.3 is 10.8 Å². The fourth-order valence-corrected chi connectivity index (χ4v) is 3.74. The van der Waals surface area contributed by atoms with Crippen molar-refractivity contribution >= 4 is 34.4 Å². The lowest BCUT2D eigenvalue weighted by atomic mass is 10.0. The SMILES string of the molecule is Cc1cccc(Cl)c1C(=O)n1nc(-c2ccc(C(=O)O)cc2)c2ccc(CN)cc21. The lowest BCUT2D eigenvalue weighted by molar-refractivity contribution is 0.0696. The molecular formula is C23H18ClN3O3. The predicted octanol–water partition coefficient (Wildman–Crippen LogP) is 4.51. The summed E-state index contributed by atoms with van der Waals surface area (Å²) >= 11 is 6.32. The van der Waals surface area contributed by atoms with E-state index >= 15 is 0 Å². The quantitative estimate of drug-likeness (QED) is 0.507. The van der Waals surface area contributed by atoms with Crippen LogP contribution in [0, 0.1) is 6.92 Å². The number of carboxylic acid groups (broad SMARTS) is 1. The Bertz CT molecular complexity index is 1270. The van der Waals surface area contributed by atoms with Crippen LogP contribution in [0.1, 0.15) is 31.8 Å². The van der Waals surface area contributed by atoms with Crippen LogP contribution in [0.2, 0.25) is 5.02 Å². The van der Waals surface area contributed by atoms with Crippen molar-refractivity contribution in [1.82, 2.24) is 9.78 Å². The molecule has 4 rings (SSSR count). The number of benzene rings is 3. The Morgan fingerprint density at radius 1 is 1.10 bits per heavy atom. The molecule has 1 heterocycles. The van der Waals surface area contributed by atoms with Crippen LogP contribution in [0.3, 0.4) is 0 Å². The molecular weight excluding hydrogens is 402 g/mol. The summed E-state index contributed by atoms with van der Waals surface area (Å²) in [5, 5.41) is 14.8. The van der Waals surface area contributed by atoms with E-state index in [1.165, 1.54) is 16.8 Å². The van der Waals surface area contributed by atoms with Crippen LogP contribution in [0.25, 0.3) is 22.2 Å². The third-order valence-corrected chi connectivity index (χ3v) is 5.33. The molecule has 0 aliphatic carbocycles. The zero-order chi connectivity index (χ0) is 21.4. The number of nitrogens with zero attached hydrogens (tertiary/aromatic N) is 2. The van der Waals surface area contributed by atoms with E-state index in [1.54, 1.807) is 24.3 Å². The average Bonchev–Trinajstić information content (AvgIpc) is 3.12. The summed E-state index contributed by atoms with van der Waals surface area (Å²) in [7, 11) is 0. The molecule has 3 aromatic carbocycles. The van der Waals surface area contributed by atoms with Crippen LogP contribution in [0.15, 0.2) is 60.7 Å². The van der Waals surface area contributed by atoms with Gasteiger partial charge in [-0.25, -0.2) is 4.79 Å². The molecule has 150 valence electrons. The summed E-state index contributed by atoms with van der Waals surface area (Å²) in [5.41, 5.74) is 9.85. The van der Waals surface area contributed by atoms with Gasteiger partial charge in [0.05, 0.1) is 21.7 Å². The number of aryl methyl sites for hydroxylation is 1. The van der Waals surface area contributed by atoms with Gasteiger partial charge in [-0.15, -0.1) is 0 Å². The summed E-state index contributed by atoms with van der Waals surface area (Å²) in [6, 6.07) is 17.2. The Labute approximate surface area is 177 Å². The van der Waals surface area contributed by atoms with Gasteiger partial charge in [0.15, 0.2) is 0 Å². The van der Waals surface area contributed by atoms with E-state index in [9.17, 15) is 9.59 Å². The third-order valence-electron chi connectivity index (χ3n) is 5.01. The number of aromatic nitrogens is 2. The molecule has 6 nitrogen and oxygen atoms in total. The average molecular weight is 420 g/mol. The van der Waals surface area contributed by atoms with E-state index < -0.39 is 5.97 Å². The van der Waals surface area contributed by atoms with Crippen LogP contribution < -0.4 is 5.73 Å². The highest BCUT2D eigenvalue weighted by Gasteiger charge is 2.22. The number of carbonyl (C=O) groups excluding carboxylic acids is 1. The zero-order valence-corrected chi connectivity index (χ0v) is 16.8. The summed E-state index contributed by atoms with van der Waals surface area (Å²) in [6.07, 6.45) is 0. The van der Waals surface area contributed by atoms with E-state index in [0.29, 0.717) is 33.9 Å². The van der Waals surface area contributed by atoms with Gasteiger partial charge >= 0.3 is 5.97 Å². The van der Waals surface area contributed by atoms with Gasteiger partial charge in [-0.2, -0.15) is 9.78 Å². The Hall–Kier alpha value is -3.48. The largest absolute Gasteiger partial charge is 0.478 e.